The first kappa shape index (κ1) is 24.3. The molecule has 0 unspecified atom stereocenters. The third kappa shape index (κ3) is 5.02. The Bertz CT molecular complexity index is 1260. The Morgan fingerprint density at radius 2 is 2.00 bits per heavy atom. The lowest BCUT2D eigenvalue weighted by atomic mass is 9.95. The van der Waals surface area contributed by atoms with Crippen LogP contribution in [0.25, 0.3) is 5.76 Å². The predicted octanol–water partition coefficient (Wildman–Crippen LogP) is 4.46. The fourth-order valence-corrected chi connectivity index (χ4v) is 4.42. The van der Waals surface area contributed by atoms with E-state index >= 15 is 0 Å². The quantitative estimate of drug-likeness (QED) is 0.268. The van der Waals surface area contributed by atoms with Crippen molar-refractivity contribution in [1.82, 2.24) is 14.5 Å². The smallest absolute Gasteiger partial charge is 0.295 e. The topological polar surface area (TPSA) is 93.9 Å². The number of rotatable bonds is 9. The third-order valence-electron chi connectivity index (χ3n) is 5.83. The lowest BCUT2D eigenvalue weighted by Gasteiger charge is -2.25. The van der Waals surface area contributed by atoms with Crippen LogP contribution in [0.4, 0.5) is 0 Å². The van der Waals surface area contributed by atoms with Crippen molar-refractivity contribution in [3.8, 4) is 11.5 Å². The van der Waals surface area contributed by atoms with Crippen molar-refractivity contribution in [2.24, 2.45) is 0 Å². The molecule has 4 rings (SSSR count). The van der Waals surface area contributed by atoms with Gasteiger partial charge in [0.25, 0.3) is 11.7 Å². The van der Waals surface area contributed by atoms with Crippen LogP contribution in [-0.4, -0.2) is 51.5 Å². The van der Waals surface area contributed by atoms with Crippen LogP contribution in [0.3, 0.4) is 0 Å². The summed E-state index contributed by atoms with van der Waals surface area (Å²) >= 11 is 6.32. The first-order valence-electron chi connectivity index (χ1n) is 11.3. The molecule has 9 heteroatoms. The monoisotopic (exact) mass is 495 g/mol. The molecule has 0 saturated carbocycles. The second kappa shape index (κ2) is 10.7. The highest BCUT2D eigenvalue weighted by molar-refractivity contribution is 6.46. The molecule has 1 fully saturated rings. The lowest BCUT2D eigenvalue weighted by Crippen LogP contribution is -2.31. The van der Waals surface area contributed by atoms with E-state index in [1.54, 1.807) is 56.0 Å². The van der Waals surface area contributed by atoms with Crippen molar-refractivity contribution < 1.29 is 24.2 Å². The van der Waals surface area contributed by atoms with Crippen molar-refractivity contribution in [3.05, 3.63) is 82.9 Å². The molecule has 1 aromatic heterocycles. The van der Waals surface area contributed by atoms with E-state index in [-0.39, 0.29) is 11.3 Å². The number of amides is 1. The first-order valence-corrected chi connectivity index (χ1v) is 11.6. The molecule has 2 aromatic carbocycles. The van der Waals surface area contributed by atoms with Crippen LogP contribution >= 0.6 is 11.6 Å². The molecule has 1 atom stereocenters. The van der Waals surface area contributed by atoms with Crippen LogP contribution < -0.4 is 9.47 Å². The van der Waals surface area contributed by atoms with E-state index in [0.717, 1.165) is 0 Å². The zero-order valence-electron chi connectivity index (χ0n) is 19.5. The van der Waals surface area contributed by atoms with E-state index < -0.39 is 17.7 Å². The van der Waals surface area contributed by atoms with Gasteiger partial charge in [0.05, 0.1) is 36.7 Å². The van der Waals surface area contributed by atoms with Gasteiger partial charge < -0.3 is 24.0 Å². The third-order valence-corrected chi connectivity index (χ3v) is 6.12. The standard InChI is InChI=1S/C26H26ClN3O5/c1-3-35-21-9-8-18(15-20(21)27)24(31)22-23(17-6-4-7-19(14-17)34-2)30(26(33)25(22)32)12-5-11-29-13-10-28-16-29/h4,6-10,13-16,23,31H,3,5,11-12H2,1-2H3/t23-/m0/s1. The molecule has 8 nitrogen and oxygen atoms in total. The van der Waals surface area contributed by atoms with Gasteiger partial charge in [-0.15, -0.1) is 0 Å². The van der Waals surface area contributed by atoms with Crippen LogP contribution in [-0.2, 0) is 16.1 Å². The maximum absolute atomic E-state index is 13.2. The van der Waals surface area contributed by atoms with Gasteiger partial charge in [0.1, 0.15) is 17.3 Å². The number of hydrogen-bond donors (Lipinski definition) is 1. The Morgan fingerprint density at radius 1 is 1.17 bits per heavy atom. The summed E-state index contributed by atoms with van der Waals surface area (Å²) in [5, 5.41) is 11.5. The molecule has 0 aliphatic carbocycles. The zero-order chi connectivity index (χ0) is 24.9. The van der Waals surface area contributed by atoms with Crippen molar-refractivity contribution in [2.45, 2.75) is 25.9 Å². The number of ether oxygens (including phenoxy) is 2. The highest BCUT2D eigenvalue weighted by atomic mass is 35.5. The predicted molar refractivity (Wildman–Crippen MR) is 131 cm³/mol. The van der Waals surface area contributed by atoms with Crippen LogP contribution in [0.5, 0.6) is 11.5 Å². The minimum absolute atomic E-state index is 0.00566. The number of halogens is 1. The van der Waals surface area contributed by atoms with E-state index in [1.807, 2.05) is 17.7 Å². The van der Waals surface area contributed by atoms with E-state index in [1.165, 1.54) is 11.0 Å². The number of ketones is 1. The molecular weight excluding hydrogens is 470 g/mol. The van der Waals surface area contributed by atoms with Crippen LogP contribution in [0.2, 0.25) is 5.02 Å². The lowest BCUT2D eigenvalue weighted by molar-refractivity contribution is -0.139. The second-order valence-electron chi connectivity index (χ2n) is 8.00. The fourth-order valence-electron chi connectivity index (χ4n) is 4.19. The zero-order valence-corrected chi connectivity index (χ0v) is 20.2. The van der Waals surface area contributed by atoms with Crippen molar-refractivity contribution in [1.29, 1.82) is 0 Å². The Labute approximate surface area is 208 Å². The molecule has 0 radical (unpaired) electrons. The number of methoxy groups -OCH3 is 1. The van der Waals surface area contributed by atoms with E-state index in [0.29, 0.717) is 53.8 Å². The summed E-state index contributed by atoms with van der Waals surface area (Å²) in [6.45, 7) is 3.21. The molecule has 1 saturated heterocycles. The number of benzene rings is 2. The number of hydrogen-bond acceptors (Lipinski definition) is 6. The number of imidazole rings is 1. The minimum atomic E-state index is -0.779. The fraction of sp³-hybridized carbons (Fsp3) is 0.269. The Kier molecular flexibility index (Phi) is 7.41. The number of carbonyl (C=O) groups is 2. The Balaban J connectivity index is 1.75. The maximum atomic E-state index is 13.2. The van der Waals surface area contributed by atoms with E-state index in [2.05, 4.69) is 4.98 Å². The highest BCUT2D eigenvalue weighted by Crippen LogP contribution is 2.41. The molecule has 1 aliphatic rings. The molecule has 0 bridgehead atoms. The summed E-state index contributed by atoms with van der Waals surface area (Å²) in [7, 11) is 1.54. The summed E-state index contributed by atoms with van der Waals surface area (Å²) in [6.07, 6.45) is 5.82. The van der Waals surface area contributed by atoms with Gasteiger partial charge in [-0.1, -0.05) is 23.7 Å². The molecule has 3 aromatic rings. The summed E-state index contributed by atoms with van der Waals surface area (Å²) in [4.78, 5) is 31.8. The number of aryl methyl sites for hydroxylation is 1. The molecule has 0 spiro atoms. The summed E-state index contributed by atoms with van der Waals surface area (Å²) < 4.78 is 12.7. The van der Waals surface area contributed by atoms with Crippen molar-refractivity contribution in [3.63, 3.8) is 0 Å². The second-order valence-corrected chi connectivity index (χ2v) is 8.41. The molecule has 182 valence electrons. The highest BCUT2D eigenvalue weighted by Gasteiger charge is 2.46. The first-order chi connectivity index (χ1) is 16.9. The summed E-state index contributed by atoms with van der Waals surface area (Å²) in [5.41, 5.74) is 0.985. The largest absolute Gasteiger partial charge is 0.507 e. The summed E-state index contributed by atoms with van der Waals surface area (Å²) in [6, 6.07) is 11.1. The SMILES string of the molecule is CCOc1ccc(C(O)=C2C(=O)C(=O)N(CCCn3ccnc3)[C@H]2c2cccc(OC)c2)cc1Cl. The van der Waals surface area contributed by atoms with Gasteiger partial charge in [-0.2, -0.15) is 0 Å². The molecule has 2 heterocycles. The van der Waals surface area contributed by atoms with Gasteiger partial charge in [-0.25, -0.2) is 4.98 Å². The number of carbonyl (C=O) groups excluding carboxylic acids is 2. The van der Waals surface area contributed by atoms with Gasteiger partial charge in [0, 0.05) is 31.0 Å². The average Bonchev–Trinajstić information content (AvgIpc) is 3.47. The number of aliphatic hydroxyl groups is 1. The van der Waals surface area contributed by atoms with Gasteiger partial charge in [-0.3, -0.25) is 9.59 Å². The average molecular weight is 496 g/mol. The van der Waals surface area contributed by atoms with E-state index in [9.17, 15) is 14.7 Å². The van der Waals surface area contributed by atoms with Gasteiger partial charge in [0.15, 0.2) is 0 Å². The van der Waals surface area contributed by atoms with E-state index in [4.69, 9.17) is 21.1 Å². The van der Waals surface area contributed by atoms with Crippen molar-refractivity contribution >= 4 is 29.1 Å². The normalized spacial score (nSPS) is 17.1. The summed E-state index contributed by atoms with van der Waals surface area (Å²) in [5.74, 6) is -0.658. The molecule has 1 N–H and O–H groups in total. The molecule has 35 heavy (non-hydrogen) atoms. The number of aromatic nitrogens is 2. The maximum Gasteiger partial charge on any atom is 0.295 e. The number of nitrogens with zero attached hydrogens (tertiary/aromatic N) is 3. The number of likely N-dealkylation sites (tertiary alicyclic amines) is 1. The van der Waals surface area contributed by atoms with Gasteiger partial charge in [-0.05, 0) is 49.2 Å². The Morgan fingerprint density at radius 3 is 2.69 bits per heavy atom. The van der Waals surface area contributed by atoms with Crippen LogP contribution in [0.15, 0.2) is 66.8 Å². The van der Waals surface area contributed by atoms with Crippen LogP contribution in [0.1, 0.15) is 30.5 Å². The molecular formula is C26H26ClN3O5. The number of aliphatic hydroxyl groups excluding tert-OH is 1. The molecule has 1 amide bonds. The van der Waals surface area contributed by atoms with Crippen LogP contribution in [0, 0.1) is 0 Å². The van der Waals surface area contributed by atoms with Gasteiger partial charge >= 0.3 is 0 Å². The molecule has 1 aliphatic heterocycles. The van der Waals surface area contributed by atoms with Gasteiger partial charge in [0.2, 0.25) is 0 Å². The minimum Gasteiger partial charge on any atom is -0.507 e. The van der Waals surface area contributed by atoms with Crippen molar-refractivity contribution in [2.75, 3.05) is 20.3 Å². The number of Topliss-reactive ketones (excluding diaryl/α,β-unsaturated/α-hetero) is 1. The Hall–Kier alpha value is -3.78.